The molecule has 2 fully saturated rings. The van der Waals surface area contributed by atoms with Gasteiger partial charge in [0.15, 0.2) is 0 Å². The lowest BCUT2D eigenvalue weighted by Gasteiger charge is -2.39. The lowest BCUT2D eigenvalue weighted by molar-refractivity contribution is -0.148. The second kappa shape index (κ2) is 5.63. The summed E-state index contributed by atoms with van der Waals surface area (Å²) < 4.78 is 0. The number of hydrogen-bond donors (Lipinski definition) is 1. The number of piperidine rings is 1. The van der Waals surface area contributed by atoms with Crippen LogP contribution in [-0.4, -0.2) is 48.9 Å². The maximum atomic E-state index is 12.3. The Hall–Kier alpha value is -1.88. The highest BCUT2D eigenvalue weighted by Crippen LogP contribution is 2.20. The van der Waals surface area contributed by atoms with E-state index in [4.69, 9.17) is 0 Å². The van der Waals surface area contributed by atoms with Gasteiger partial charge in [-0.05, 0) is 38.1 Å². The first-order valence-electron chi connectivity index (χ1n) is 7.11. The Morgan fingerprint density at radius 3 is 2.15 bits per heavy atom. The first kappa shape index (κ1) is 13.1. The summed E-state index contributed by atoms with van der Waals surface area (Å²) in [5.74, 6) is -0.144. The summed E-state index contributed by atoms with van der Waals surface area (Å²) in [6, 6.07) is 9.71. The first-order valence-corrected chi connectivity index (χ1v) is 7.11. The number of nitrogens with one attached hydrogen (secondary N) is 1. The Labute approximate surface area is 118 Å². The lowest BCUT2D eigenvalue weighted by atomic mass is 10.0. The molecule has 1 aromatic rings. The molecule has 5 heteroatoms. The molecule has 0 aromatic heterocycles. The van der Waals surface area contributed by atoms with E-state index in [1.807, 2.05) is 35.2 Å². The van der Waals surface area contributed by atoms with Crippen molar-refractivity contribution in [3.63, 3.8) is 0 Å². The van der Waals surface area contributed by atoms with Crippen molar-refractivity contribution in [1.29, 1.82) is 0 Å². The number of piperazine rings is 1. The normalized spacial score (nSPS) is 21.4. The van der Waals surface area contributed by atoms with Gasteiger partial charge in [-0.25, -0.2) is 0 Å². The third-order valence-corrected chi connectivity index (χ3v) is 3.98. The smallest absolute Gasteiger partial charge is 0.249 e. The Morgan fingerprint density at radius 2 is 1.55 bits per heavy atom. The molecule has 2 saturated heterocycles. The van der Waals surface area contributed by atoms with Crippen LogP contribution in [0, 0.1) is 0 Å². The highest BCUT2D eigenvalue weighted by Gasteiger charge is 2.36. The van der Waals surface area contributed by atoms with Gasteiger partial charge in [-0.3, -0.25) is 14.5 Å². The summed E-state index contributed by atoms with van der Waals surface area (Å²) in [5, 5.41) is 3.26. The van der Waals surface area contributed by atoms with Gasteiger partial charge >= 0.3 is 0 Å². The Balaban J connectivity index is 1.73. The van der Waals surface area contributed by atoms with Crippen molar-refractivity contribution >= 4 is 17.5 Å². The van der Waals surface area contributed by atoms with Crippen LogP contribution in [0.2, 0.25) is 0 Å². The summed E-state index contributed by atoms with van der Waals surface area (Å²) >= 11 is 0. The van der Waals surface area contributed by atoms with Gasteiger partial charge in [0.05, 0.1) is 13.1 Å². The van der Waals surface area contributed by atoms with Crippen LogP contribution >= 0.6 is 0 Å². The van der Waals surface area contributed by atoms with Gasteiger partial charge in [-0.2, -0.15) is 0 Å². The van der Waals surface area contributed by atoms with Crippen LogP contribution in [0.4, 0.5) is 5.69 Å². The highest BCUT2D eigenvalue weighted by molar-refractivity contribution is 6.03. The maximum Gasteiger partial charge on any atom is 0.249 e. The topological polar surface area (TPSA) is 52.7 Å². The third-order valence-electron chi connectivity index (χ3n) is 3.98. The lowest BCUT2D eigenvalue weighted by Crippen LogP contribution is -2.59. The zero-order valence-corrected chi connectivity index (χ0v) is 11.4. The minimum atomic E-state index is -0.0722. The number of carbonyl (C=O) groups excluding carboxylic acids is 2. The summed E-state index contributed by atoms with van der Waals surface area (Å²) in [5.41, 5.74) is 0.930. The van der Waals surface area contributed by atoms with Crippen molar-refractivity contribution in [1.82, 2.24) is 10.2 Å². The minimum absolute atomic E-state index is 0.0722. The van der Waals surface area contributed by atoms with E-state index in [9.17, 15) is 9.59 Å². The molecule has 0 unspecified atom stereocenters. The molecule has 2 aliphatic rings. The fourth-order valence-corrected chi connectivity index (χ4v) is 2.97. The van der Waals surface area contributed by atoms with E-state index in [2.05, 4.69) is 5.32 Å². The summed E-state index contributed by atoms with van der Waals surface area (Å²) in [6.45, 7) is 2.34. The van der Waals surface area contributed by atoms with E-state index in [0.717, 1.165) is 31.6 Å². The van der Waals surface area contributed by atoms with Crippen LogP contribution in [0.1, 0.15) is 12.8 Å². The summed E-state index contributed by atoms with van der Waals surface area (Å²) in [4.78, 5) is 28.0. The average Bonchev–Trinajstić information content (AvgIpc) is 2.48. The zero-order valence-electron chi connectivity index (χ0n) is 11.4. The van der Waals surface area contributed by atoms with Gasteiger partial charge < -0.3 is 10.2 Å². The van der Waals surface area contributed by atoms with Crippen LogP contribution in [0.15, 0.2) is 30.3 Å². The van der Waals surface area contributed by atoms with E-state index < -0.39 is 0 Å². The van der Waals surface area contributed by atoms with E-state index in [-0.39, 0.29) is 17.9 Å². The molecule has 1 N–H and O–H groups in total. The largest absolute Gasteiger partial charge is 0.353 e. The number of para-hydroxylation sites is 1. The molecule has 0 atom stereocenters. The number of hydrogen-bond acceptors (Lipinski definition) is 4. The van der Waals surface area contributed by atoms with E-state index in [1.165, 1.54) is 4.90 Å². The van der Waals surface area contributed by atoms with Crippen molar-refractivity contribution in [3.05, 3.63) is 30.3 Å². The van der Waals surface area contributed by atoms with Gasteiger partial charge in [0, 0.05) is 11.7 Å². The molecule has 3 rings (SSSR count). The number of benzene rings is 1. The highest BCUT2D eigenvalue weighted by atomic mass is 16.2. The number of imide groups is 1. The van der Waals surface area contributed by atoms with E-state index in [0.29, 0.717) is 13.1 Å². The number of carbonyl (C=O) groups is 2. The standard InChI is InChI=1S/C15H19N3O2/c19-14-10-17(12-4-2-1-3-5-12)11-15(20)18(14)13-6-8-16-9-7-13/h1-5,13,16H,6-11H2. The molecule has 1 aromatic carbocycles. The number of nitrogens with zero attached hydrogens (tertiary/aromatic N) is 2. The molecular formula is C15H19N3O2. The molecule has 5 nitrogen and oxygen atoms in total. The maximum absolute atomic E-state index is 12.3. The number of amides is 2. The SMILES string of the molecule is O=C1CN(c2ccccc2)CC(=O)N1C1CCNCC1. The van der Waals surface area contributed by atoms with E-state index >= 15 is 0 Å². The Morgan fingerprint density at radius 1 is 0.950 bits per heavy atom. The molecule has 2 aliphatic heterocycles. The Kier molecular flexibility index (Phi) is 3.69. The molecule has 0 spiro atoms. The van der Waals surface area contributed by atoms with Gasteiger partial charge in [0.25, 0.3) is 0 Å². The van der Waals surface area contributed by atoms with Crippen molar-refractivity contribution in [2.24, 2.45) is 0 Å². The second-order valence-corrected chi connectivity index (χ2v) is 5.33. The Bertz CT molecular complexity index is 479. The van der Waals surface area contributed by atoms with Crippen LogP contribution in [0.5, 0.6) is 0 Å². The predicted octanol–water partition coefficient (Wildman–Crippen LogP) is 0.614. The van der Waals surface area contributed by atoms with Crippen LogP contribution in [-0.2, 0) is 9.59 Å². The first-order chi connectivity index (χ1) is 9.75. The van der Waals surface area contributed by atoms with Crippen molar-refractivity contribution in [2.45, 2.75) is 18.9 Å². The van der Waals surface area contributed by atoms with Gasteiger partial charge in [-0.15, -0.1) is 0 Å². The summed E-state index contributed by atoms with van der Waals surface area (Å²) in [7, 11) is 0. The van der Waals surface area contributed by atoms with Crippen molar-refractivity contribution in [3.8, 4) is 0 Å². The molecule has 2 heterocycles. The molecule has 2 amide bonds. The summed E-state index contributed by atoms with van der Waals surface area (Å²) in [6.07, 6.45) is 1.73. The quantitative estimate of drug-likeness (QED) is 0.802. The van der Waals surface area contributed by atoms with Crippen LogP contribution < -0.4 is 10.2 Å². The van der Waals surface area contributed by atoms with Crippen molar-refractivity contribution < 1.29 is 9.59 Å². The van der Waals surface area contributed by atoms with Crippen LogP contribution in [0.3, 0.4) is 0 Å². The van der Waals surface area contributed by atoms with Gasteiger partial charge in [0.1, 0.15) is 0 Å². The number of rotatable bonds is 2. The van der Waals surface area contributed by atoms with E-state index in [1.54, 1.807) is 0 Å². The van der Waals surface area contributed by atoms with Crippen molar-refractivity contribution in [2.75, 3.05) is 31.1 Å². The average molecular weight is 273 g/mol. The monoisotopic (exact) mass is 273 g/mol. The molecule has 0 aliphatic carbocycles. The molecular weight excluding hydrogens is 254 g/mol. The molecule has 106 valence electrons. The molecule has 20 heavy (non-hydrogen) atoms. The van der Waals surface area contributed by atoms with Gasteiger partial charge in [0.2, 0.25) is 11.8 Å². The molecule has 0 radical (unpaired) electrons. The predicted molar refractivity (Wildman–Crippen MR) is 76.4 cm³/mol. The van der Waals surface area contributed by atoms with Crippen LogP contribution in [0.25, 0.3) is 0 Å². The fourth-order valence-electron chi connectivity index (χ4n) is 2.97. The molecule has 0 bridgehead atoms. The third kappa shape index (κ3) is 2.54. The second-order valence-electron chi connectivity index (χ2n) is 5.33. The number of anilines is 1. The minimum Gasteiger partial charge on any atom is -0.353 e. The molecule has 0 saturated carbocycles. The zero-order chi connectivity index (χ0) is 13.9. The van der Waals surface area contributed by atoms with Gasteiger partial charge in [-0.1, -0.05) is 18.2 Å². The fraction of sp³-hybridized carbons (Fsp3) is 0.467.